The summed E-state index contributed by atoms with van der Waals surface area (Å²) in [5.74, 6) is -0.816. The van der Waals surface area contributed by atoms with Crippen LogP contribution in [0.1, 0.15) is 96.3 Å². The second kappa shape index (κ2) is 15.7. The van der Waals surface area contributed by atoms with Crippen LogP contribution in [0.15, 0.2) is 0 Å². The van der Waals surface area contributed by atoms with Crippen LogP contribution in [0.2, 0.25) is 0 Å². The summed E-state index contributed by atoms with van der Waals surface area (Å²) in [5.41, 5.74) is 6.12. The van der Waals surface area contributed by atoms with Crippen molar-refractivity contribution in [1.82, 2.24) is 0 Å². The summed E-state index contributed by atoms with van der Waals surface area (Å²) in [6.45, 7) is 0.728. The molecule has 2 saturated heterocycles. The molecule has 6 fully saturated rings. The minimum atomic E-state index is -1.38. The number of nitrogens with two attached hydrogens (primary N) is 2. The molecule has 0 bridgehead atoms. The van der Waals surface area contributed by atoms with Gasteiger partial charge >= 0.3 is 0 Å². The lowest BCUT2D eigenvalue weighted by atomic mass is 9.54. The van der Waals surface area contributed by atoms with E-state index in [0.29, 0.717) is 31.3 Å². The summed E-state index contributed by atoms with van der Waals surface area (Å²) in [5, 5.41) is 45.7. The highest BCUT2D eigenvalue weighted by Gasteiger charge is 2.59. The van der Waals surface area contributed by atoms with Crippen molar-refractivity contribution in [3.63, 3.8) is 0 Å². The Bertz CT molecular complexity index is 1030. The summed E-state index contributed by atoms with van der Waals surface area (Å²) in [7, 11) is 0. The van der Waals surface area contributed by atoms with Gasteiger partial charge in [0.1, 0.15) is 42.1 Å². The van der Waals surface area contributed by atoms with Crippen LogP contribution in [-0.2, 0) is 23.8 Å². The second-order valence-electron chi connectivity index (χ2n) is 15.5. The molecule has 2 aliphatic heterocycles. The molecule has 46 heavy (non-hydrogen) atoms. The molecule has 8 N–H and O–H groups in total. The van der Waals surface area contributed by atoms with E-state index in [9.17, 15) is 30.0 Å². The number of fused-ring (bicyclic) bond motifs is 2. The second-order valence-corrected chi connectivity index (χ2v) is 15.5. The van der Waals surface area contributed by atoms with E-state index in [0.717, 1.165) is 57.9 Å². The van der Waals surface area contributed by atoms with Gasteiger partial charge in [-0.2, -0.15) is 0 Å². The first kappa shape index (κ1) is 34.8. The summed E-state index contributed by atoms with van der Waals surface area (Å²) in [6.07, 6.45) is 6.25. The van der Waals surface area contributed by atoms with Gasteiger partial charge in [-0.3, -0.25) is 15.3 Å². The normalized spacial score (nSPS) is 45.7. The molecular weight excluding hydrogens is 592 g/mol. The van der Waals surface area contributed by atoms with E-state index in [1.165, 1.54) is 32.1 Å². The minimum Gasteiger partial charge on any atom is -0.394 e. The van der Waals surface area contributed by atoms with Gasteiger partial charge in [0, 0.05) is 30.8 Å². The smallest absolute Gasteiger partial charge is 0.187 e. The minimum absolute atomic E-state index is 0.00163. The molecule has 0 radical (unpaired) electrons. The number of hydrogen-bond acceptors (Lipinski definition) is 10. The predicted octanol–water partition coefficient (Wildman–Crippen LogP) is 0.776. The number of Topliss-reactive ketones (excluding diaryl/α,β-unsaturated/α-hetero) is 2. The lowest BCUT2D eigenvalue weighted by Gasteiger charge is -2.51. The Kier molecular flexibility index (Phi) is 11.9. The molecule has 9 unspecified atom stereocenters. The molecule has 6 rings (SSSR count). The Morgan fingerprint density at radius 1 is 0.783 bits per heavy atom. The third kappa shape index (κ3) is 7.43. The first-order chi connectivity index (χ1) is 22.3. The molecule has 2 heterocycles. The maximum atomic E-state index is 14.1. The predicted molar refractivity (Wildman–Crippen MR) is 167 cm³/mol. The van der Waals surface area contributed by atoms with Gasteiger partial charge < -0.3 is 40.0 Å². The third-order valence-electron chi connectivity index (χ3n) is 12.6. The van der Waals surface area contributed by atoms with E-state index in [-0.39, 0.29) is 35.5 Å². The number of carbonyl (C=O) groups is 2. The van der Waals surface area contributed by atoms with Crippen LogP contribution >= 0.6 is 0 Å². The standard InChI is InChI=1S/C35H58N2O9/c36-26-16-20(12-14-37-26)13-15-44-34-33(43)32(42)25(18-38)46-35(34)45-24-17-21(11-10-19-6-2-1-3-7-19)27-28(31(24)41)30(40)23-9-5-4-8-22(23)29(27)39/h19-28,31-35,37-38,41-43H,1-18,36H2/p+1/t20?,21?,22?,23?,24?,25-,26?,27?,28?,31?,32-,33+,34-,35+/m0/s1. The largest absolute Gasteiger partial charge is 0.394 e. The van der Waals surface area contributed by atoms with Crippen molar-refractivity contribution in [3.8, 4) is 0 Å². The molecule has 11 nitrogen and oxygen atoms in total. The number of piperidine rings is 1. The number of ketones is 2. The number of carbonyl (C=O) groups excluding carboxylic acids is 2. The summed E-state index contributed by atoms with van der Waals surface area (Å²) >= 11 is 0. The monoisotopic (exact) mass is 651 g/mol. The Labute approximate surface area is 273 Å². The van der Waals surface area contributed by atoms with E-state index in [1.807, 2.05) is 0 Å². The van der Waals surface area contributed by atoms with Crippen molar-refractivity contribution in [3.05, 3.63) is 0 Å². The molecule has 0 aromatic carbocycles. The van der Waals surface area contributed by atoms with Crippen LogP contribution < -0.4 is 11.1 Å². The lowest BCUT2D eigenvalue weighted by molar-refractivity contribution is -0.699. The van der Waals surface area contributed by atoms with Crippen molar-refractivity contribution in [2.24, 2.45) is 47.2 Å². The first-order valence-electron chi connectivity index (χ1n) is 18.5. The van der Waals surface area contributed by atoms with Crippen LogP contribution in [0.5, 0.6) is 0 Å². The van der Waals surface area contributed by atoms with Gasteiger partial charge in [0.15, 0.2) is 6.29 Å². The fourth-order valence-corrected chi connectivity index (χ4v) is 10.0. The van der Waals surface area contributed by atoms with Gasteiger partial charge in [0.25, 0.3) is 0 Å². The molecule has 0 spiro atoms. The zero-order valence-electron chi connectivity index (χ0n) is 27.4. The van der Waals surface area contributed by atoms with Crippen molar-refractivity contribution < 1.29 is 49.5 Å². The first-order valence-corrected chi connectivity index (χ1v) is 18.5. The lowest BCUT2D eigenvalue weighted by Crippen LogP contribution is -2.94. The summed E-state index contributed by atoms with van der Waals surface area (Å²) < 4.78 is 18.7. The Morgan fingerprint density at radius 2 is 1.48 bits per heavy atom. The van der Waals surface area contributed by atoms with Crippen molar-refractivity contribution in [2.45, 2.75) is 145 Å². The van der Waals surface area contributed by atoms with E-state index in [1.54, 1.807) is 0 Å². The number of aliphatic hydroxyl groups is 4. The molecule has 0 aromatic rings. The zero-order valence-corrected chi connectivity index (χ0v) is 27.4. The van der Waals surface area contributed by atoms with Gasteiger partial charge in [-0.05, 0) is 56.3 Å². The van der Waals surface area contributed by atoms with Gasteiger partial charge in [-0.15, -0.1) is 0 Å². The molecule has 6 aliphatic rings. The maximum absolute atomic E-state index is 14.1. The topological polar surface area (TPSA) is 185 Å². The quantitative estimate of drug-likeness (QED) is 0.185. The Morgan fingerprint density at radius 3 is 2.17 bits per heavy atom. The molecule has 262 valence electrons. The van der Waals surface area contributed by atoms with Crippen molar-refractivity contribution in [1.29, 1.82) is 0 Å². The Hall–Kier alpha value is -1.02. The molecular formula is C35H59N2O9+. The number of quaternary nitrogens is 1. The molecule has 0 aromatic heterocycles. The van der Waals surface area contributed by atoms with Crippen molar-refractivity contribution in [2.75, 3.05) is 19.8 Å². The van der Waals surface area contributed by atoms with Gasteiger partial charge in [0.05, 0.1) is 31.3 Å². The van der Waals surface area contributed by atoms with Crippen LogP contribution in [-0.4, -0.2) is 101 Å². The van der Waals surface area contributed by atoms with Crippen LogP contribution in [0, 0.1) is 41.4 Å². The Balaban J connectivity index is 1.20. The van der Waals surface area contributed by atoms with Crippen molar-refractivity contribution >= 4 is 11.6 Å². The summed E-state index contributed by atoms with van der Waals surface area (Å²) in [6, 6.07) is 0. The number of rotatable bonds is 10. The van der Waals surface area contributed by atoms with E-state index < -0.39 is 61.4 Å². The fraction of sp³-hybridized carbons (Fsp3) is 0.943. The molecule has 4 aliphatic carbocycles. The van der Waals surface area contributed by atoms with Gasteiger partial charge in [0.2, 0.25) is 0 Å². The van der Waals surface area contributed by atoms with E-state index in [2.05, 4.69) is 5.32 Å². The van der Waals surface area contributed by atoms with Crippen LogP contribution in [0.3, 0.4) is 0 Å². The SMILES string of the molecule is NC1CC(CCO[C@@H]2[C@H](OC3CC(CCC4CCCCC4)C4C(=O)C5CCCCC5C(=O)C4C3O)O[C@@H](CO)[C@H](O)[C@H]2O)CC[NH2+]1. The van der Waals surface area contributed by atoms with E-state index in [4.69, 9.17) is 19.9 Å². The third-order valence-corrected chi connectivity index (χ3v) is 12.6. The van der Waals surface area contributed by atoms with Gasteiger partial charge in [-0.1, -0.05) is 51.4 Å². The number of ether oxygens (including phenoxy) is 3. The molecule has 14 atom stereocenters. The molecule has 11 heteroatoms. The maximum Gasteiger partial charge on any atom is 0.187 e. The fourth-order valence-electron chi connectivity index (χ4n) is 10.0. The van der Waals surface area contributed by atoms with Gasteiger partial charge in [-0.25, -0.2) is 0 Å². The average molecular weight is 652 g/mol. The molecule has 4 saturated carbocycles. The van der Waals surface area contributed by atoms with E-state index >= 15 is 0 Å². The van der Waals surface area contributed by atoms with Crippen LogP contribution in [0.25, 0.3) is 0 Å². The highest BCUT2D eigenvalue weighted by atomic mass is 16.7. The van der Waals surface area contributed by atoms with Crippen LogP contribution in [0.4, 0.5) is 0 Å². The average Bonchev–Trinajstić information content (AvgIpc) is 3.07. The highest BCUT2D eigenvalue weighted by Crippen LogP contribution is 2.51. The number of hydrogen-bond donors (Lipinski definition) is 6. The zero-order chi connectivity index (χ0) is 32.4. The number of aliphatic hydroxyl groups excluding tert-OH is 4. The summed E-state index contributed by atoms with van der Waals surface area (Å²) in [4.78, 5) is 28.1. The molecule has 0 amide bonds. The highest BCUT2D eigenvalue weighted by molar-refractivity contribution is 6.00.